The Balaban J connectivity index is 2.31. The number of nitrogens with one attached hydrogen (secondary N) is 3. The molecule has 0 bridgehead atoms. The Bertz CT molecular complexity index is 389. The third kappa shape index (κ3) is 4.54. The normalized spacial score (nSPS) is 10.4. The molecule has 2 amide bonds. The molecule has 3 N–H and O–H groups in total. The molecule has 0 saturated carbocycles. The van der Waals surface area contributed by atoms with Gasteiger partial charge in [-0.2, -0.15) is 5.10 Å². The van der Waals surface area contributed by atoms with Gasteiger partial charge in [0.2, 0.25) is 6.41 Å². The Labute approximate surface area is 105 Å². The molecule has 7 heteroatoms. The molecule has 1 heterocycles. The van der Waals surface area contributed by atoms with Crippen LogP contribution in [0.1, 0.15) is 30.8 Å². The number of rotatable bonds is 8. The summed E-state index contributed by atoms with van der Waals surface area (Å²) in [7, 11) is 0. The van der Waals surface area contributed by atoms with Crippen LogP contribution in [0, 0.1) is 0 Å². The van der Waals surface area contributed by atoms with Crippen LogP contribution in [0.3, 0.4) is 0 Å². The Morgan fingerprint density at radius 1 is 1.61 bits per heavy atom. The first-order chi connectivity index (χ1) is 8.65. The number of anilines is 1. The van der Waals surface area contributed by atoms with Gasteiger partial charge in [-0.3, -0.25) is 14.7 Å². The number of H-pyrrole nitrogens is 1. The van der Waals surface area contributed by atoms with Gasteiger partial charge in [0.1, 0.15) is 5.69 Å². The fourth-order valence-electron chi connectivity index (χ4n) is 1.31. The molecule has 0 unspecified atom stereocenters. The molecule has 0 aliphatic carbocycles. The highest BCUT2D eigenvalue weighted by Crippen LogP contribution is 2.09. The number of ether oxygens (including phenoxy) is 1. The summed E-state index contributed by atoms with van der Waals surface area (Å²) in [5.74, 6) is -0.304. The maximum Gasteiger partial charge on any atom is 0.271 e. The van der Waals surface area contributed by atoms with Crippen LogP contribution in [0.5, 0.6) is 0 Å². The van der Waals surface area contributed by atoms with Crippen molar-refractivity contribution in [1.29, 1.82) is 0 Å². The van der Waals surface area contributed by atoms with E-state index in [1.54, 1.807) is 0 Å². The van der Waals surface area contributed by atoms with Crippen molar-refractivity contribution in [2.24, 2.45) is 0 Å². The first-order valence-electron chi connectivity index (χ1n) is 5.78. The van der Waals surface area contributed by atoms with Gasteiger partial charge in [-0.05, 0) is 20.3 Å². The Kier molecular flexibility index (Phi) is 5.86. The van der Waals surface area contributed by atoms with Gasteiger partial charge in [0.05, 0.1) is 18.0 Å². The van der Waals surface area contributed by atoms with E-state index >= 15 is 0 Å². The van der Waals surface area contributed by atoms with Gasteiger partial charge in [0.15, 0.2) is 0 Å². The van der Waals surface area contributed by atoms with Crippen molar-refractivity contribution in [3.63, 3.8) is 0 Å². The average Bonchev–Trinajstić information content (AvgIpc) is 2.77. The number of carbonyl (C=O) groups is 2. The summed E-state index contributed by atoms with van der Waals surface area (Å²) in [6, 6.07) is 0. The SMILES string of the molecule is CC(C)OCCCNC(=O)c1[nH]ncc1NC=O. The van der Waals surface area contributed by atoms with E-state index in [1.165, 1.54) is 6.20 Å². The third-order valence-electron chi connectivity index (χ3n) is 2.14. The van der Waals surface area contributed by atoms with Crippen molar-refractivity contribution in [3.8, 4) is 0 Å². The smallest absolute Gasteiger partial charge is 0.271 e. The zero-order valence-electron chi connectivity index (χ0n) is 10.5. The molecule has 1 aromatic heterocycles. The maximum atomic E-state index is 11.7. The molecule has 100 valence electrons. The summed E-state index contributed by atoms with van der Waals surface area (Å²) in [5, 5.41) is 11.3. The number of hydrogen-bond donors (Lipinski definition) is 3. The van der Waals surface area contributed by atoms with Crippen LogP contribution >= 0.6 is 0 Å². The van der Waals surface area contributed by atoms with Crippen molar-refractivity contribution >= 4 is 18.0 Å². The van der Waals surface area contributed by atoms with Gasteiger partial charge in [0.25, 0.3) is 5.91 Å². The molecule has 1 rings (SSSR count). The lowest BCUT2D eigenvalue weighted by Crippen LogP contribution is -2.26. The molecule has 0 radical (unpaired) electrons. The predicted molar refractivity (Wildman–Crippen MR) is 66.3 cm³/mol. The van der Waals surface area contributed by atoms with Crippen LogP contribution in [0.2, 0.25) is 0 Å². The van der Waals surface area contributed by atoms with E-state index in [-0.39, 0.29) is 17.7 Å². The highest BCUT2D eigenvalue weighted by Gasteiger charge is 2.12. The maximum absolute atomic E-state index is 11.7. The standard InChI is InChI=1S/C11H18N4O3/c1-8(2)18-5-3-4-12-11(17)10-9(13-7-16)6-14-15-10/h6-8H,3-5H2,1-2H3,(H,12,17)(H,13,16)(H,14,15). The fraction of sp³-hybridized carbons (Fsp3) is 0.545. The number of nitrogens with zero attached hydrogens (tertiary/aromatic N) is 1. The topological polar surface area (TPSA) is 96.1 Å². The van der Waals surface area contributed by atoms with E-state index in [9.17, 15) is 9.59 Å². The van der Waals surface area contributed by atoms with E-state index in [1.807, 2.05) is 13.8 Å². The number of hydrogen-bond acceptors (Lipinski definition) is 4. The minimum Gasteiger partial charge on any atom is -0.379 e. The molecule has 0 aromatic carbocycles. The first kappa shape index (κ1) is 14.2. The summed E-state index contributed by atoms with van der Waals surface area (Å²) in [4.78, 5) is 22.0. The molecule has 1 aromatic rings. The van der Waals surface area contributed by atoms with Crippen LogP contribution < -0.4 is 10.6 Å². The Hall–Kier alpha value is -1.89. The van der Waals surface area contributed by atoms with Gasteiger partial charge < -0.3 is 15.4 Å². The van der Waals surface area contributed by atoms with Crippen LogP contribution in [0.15, 0.2) is 6.20 Å². The molecule has 0 aliphatic rings. The molecular weight excluding hydrogens is 236 g/mol. The number of amides is 2. The summed E-state index contributed by atoms with van der Waals surface area (Å²) in [6.07, 6.45) is 2.80. The average molecular weight is 254 g/mol. The van der Waals surface area contributed by atoms with E-state index in [0.29, 0.717) is 25.2 Å². The Morgan fingerprint density at radius 3 is 3.06 bits per heavy atom. The molecular formula is C11H18N4O3. The molecule has 7 nitrogen and oxygen atoms in total. The lowest BCUT2D eigenvalue weighted by Gasteiger charge is -2.08. The number of aromatic nitrogens is 2. The van der Waals surface area contributed by atoms with Crippen molar-refractivity contribution in [2.45, 2.75) is 26.4 Å². The summed E-state index contributed by atoms with van der Waals surface area (Å²) >= 11 is 0. The quantitative estimate of drug-likeness (QED) is 0.465. The van der Waals surface area contributed by atoms with Gasteiger partial charge >= 0.3 is 0 Å². The second-order valence-electron chi connectivity index (χ2n) is 3.95. The molecule has 0 aliphatic heterocycles. The number of carbonyl (C=O) groups excluding carboxylic acids is 2. The minimum absolute atomic E-state index is 0.191. The lowest BCUT2D eigenvalue weighted by atomic mass is 10.3. The monoisotopic (exact) mass is 254 g/mol. The van der Waals surface area contributed by atoms with E-state index in [4.69, 9.17) is 4.74 Å². The zero-order chi connectivity index (χ0) is 13.4. The summed E-state index contributed by atoms with van der Waals surface area (Å²) in [5.41, 5.74) is 0.604. The van der Waals surface area contributed by atoms with Crippen molar-refractivity contribution < 1.29 is 14.3 Å². The predicted octanol–water partition coefficient (Wildman–Crippen LogP) is 0.523. The minimum atomic E-state index is -0.304. The van der Waals surface area contributed by atoms with Crippen LogP contribution in [0.25, 0.3) is 0 Å². The van der Waals surface area contributed by atoms with Crippen LogP contribution in [-0.4, -0.2) is 41.8 Å². The largest absolute Gasteiger partial charge is 0.379 e. The van der Waals surface area contributed by atoms with Gasteiger partial charge in [-0.25, -0.2) is 0 Å². The Morgan fingerprint density at radius 2 is 2.39 bits per heavy atom. The second kappa shape index (κ2) is 7.44. The number of aromatic amines is 1. The van der Waals surface area contributed by atoms with Crippen molar-refractivity contribution in [3.05, 3.63) is 11.9 Å². The van der Waals surface area contributed by atoms with Crippen molar-refractivity contribution in [2.75, 3.05) is 18.5 Å². The van der Waals surface area contributed by atoms with Gasteiger partial charge in [-0.15, -0.1) is 0 Å². The lowest BCUT2D eigenvalue weighted by molar-refractivity contribution is -0.105. The highest BCUT2D eigenvalue weighted by atomic mass is 16.5. The highest BCUT2D eigenvalue weighted by molar-refractivity contribution is 5.99. The van der Waals surface area contributed by atoms with Crippen LogP contribution in [0.4, 0.5) is 5.69 Å². The molecule has 0 atom stereocenters. The summed E-state index contributed by atoms with van der Waals surface area (Å²) in [6.45, 7) is 5.02. The molecule has 18 heavy (non-hydrogen) atoms. The fourth-order valence-corrected chi connectivity index (χ4v) is 1.31. The zero-order valence-corrected chi connectivity index (χ0v) is 10.5. The summed E-state index contributed by atoms with van der Waals surface area (Å²) < 4.78 is 5.35. The molecule has 0 fully saturated rings. The van der Waals surface area contributed by atoms with Gasteiger partial charge in [0, 0.05) is 13.2 Å². The van der Waals surface area contributed by atoms with E-state index in [2.05, 4.69) is 20.8 Å². The second-order valence-corrected chi connectivity index (χ2v) is 3.95. The molecule has 0 spiro atoms. The van der Waals surface area contributed by atoms with E-state index in [0.717, 1.165) is 6.42 Å². The van der Waals surface area contributed by atoms with Gasteiger partial charge in [-0.1, -0.05) is 0 Å². The van der Waals surface area contributed by atoms with E-state index < -0.39 is 0 Å². The first-order valence-corrected chi connectivity index (χ1v) is 5.78. The van der Waals surface area contributed by atoms with Crippen LogP contribution in [-0.2, 0) is 9.53 Å². The van der Waals surface area contributed by atoms with Crippen molar-refractivity contribution in [1.82, 2.24) is 15.5 Å². The third-order valence-corrected chi connectivity index (χ3v) is 2.14. The molecule has 0 saturated heterocycles.